The van der Waals surface area contributed by atoms with Gasteiger partial charge in [-0.25, -0.2) is 4.79 Å². The molecule has 3 aromatic rings. The molecule has 2 aliphatic rings. The summed E-state index contributed by atoms with van der Waals surface area (Å²) in [5.41, 5.74) is 4.53. The molecule has 3 heterocycles. The van der Waals surface area contributed by atoms with Crippen LogP contribution in [0.4, 0.5) is 0 Å². The zero-order valence-electron chi connectivity index (χ0n) is 21.1. The van der Waals surface area contributed by atoms with E-state index in [-0.39, 0.29) is 12.5 Å². The molecule has 36 heavy (non-hydrogen) atoms. The highest BCUT2D eigenvalue weighted by molar-refractivity contribution is 6.18. The van der Waals surface area contributed by atoms with Crippen molar-refractivity contribution >= 4 is 28.4 Å². The van der Waals surface area contributed by atoms with E-state index < -0.39 is 5.97 Å². The van der Waals surface area contributed by atoms with Crippen molar-refractivity contribution in [1.29, 1.82) is 0 Å². The molecule has 5 rings (SSSR count). The number of nitrogens with one attached hydrogen (secondary N) is 1. The van der Waals surface area contributed by atoms with E-state index in [0.717, 1.165) is 48.3 Å². The molecule has 7 nitrogen and oxygen atoms in total. The van der Waals surface area contributed by atoms with Gasteiger partial charge in [-0.3, -0.25) is 14.6 Å². The average Bonchev–Trinajstić information content (AvgIpc) is 3.16. The molecule has 0 aliphatic carbocycles. The van der Waals surface area contributed by atoms with Crippen LogP contribution in [0.1, 0.15) is 36.7 Å². The van der Waals surface area contributed by atoms with Gasteiger partial charge in [-0.1, -0.05) is 48.5 Å². The molecule has 1 N–H and O–H groups in total. The number of fused-ring (bicyclic) bond motifs is 3. The molecule has 0 saturated carbocycles. The van der Waals surface area contributed by atoms with Gasteiger partial charge in [-0.15, -0.1) is 0 Å². The third kappa shape index (κ3) is 4.94. The van der Waals surface area contributed by atoms with Gasteiger partial charge in [0, 0.05) is 55.9 Å². The fraction of sp³-hybridized carbons (Fsp3) is 0.379. The molecule has 2 aliphatic heterocycles. The first kappa shape index (κ1) is 24.3. The van der Waals surface area contributed by atoms with E-state index in [2.05, 4.69) is 52.0 Å². The van der Waals surface area contributed by atoms with Crippen LogP contribution in [0.15, 0.2) is 60.8 Å². The second kappa shape index (κ2) is 10.7. The van der Waals surface area contributed by atoms with E-state index in [1.807, 2.05) is 24.3 Å². The van der Waals surface area contributed by atoms with E-state index in [4.69, 9.17) is 4.74 Å². The SMILES string of the molecule is CCOC(=O)C1=CN(C(=O)CN2CCN(C(C)c3ccccc3)CC2)CCc2c1[nH]c1ccccc21. The smallest absolute Gasteiger partial charge is 0.341 e. The van der Waals surface area contributed by atoms with Gasteiger partial charge >= 0.3 is 5.97 Å². The summed E-state index contributed by atoms with van der Waals surface area (Å²) in [4.78, 5) is 36.1. The summed E-state index contributed by atoms with van der Waals surface area (Å²) in [5, 5.41) is 1.08. The lowest BCUT2D eigenvalue weighted by Gasteiger charge is -2.38. The summed E-state index contributed by atoms with van der Waals surface area (Å²) in [6.07, 6.45) is 2.36. The molecule has 0 bridgehead atoms. The number of aromatic nitrogens is 1. The van der Waals surface area contributed by atoms with Gasteiger partial charge in [0.1, 0.15) is 0 Å². The number of para-hydroxylation sites is 1. The van der Waals surface area contributed by atoms with Crippen molar-refractivity contribution < 1.29 is 14.3 Å². The summed E-state index contributed by atoms with van der Waals surface area (Å²) >= 11 is 0. The molecule has 1 fully saturated rings. The summed E-state index contributed by atoms with van der Waals surface area (Å²) in [7, 11) is 0. The predicted octanol–water partition coefficient (Wildman–Crippen LogP) is 3.84. The number of benzene rings is 2. The molecule has 0 spiro atoms. The number of hydrogen-bond donors (Lipinski definition) is 1. The fourth-order valence-electron chi connectivity index (χ4n) is 5.30. The van der Waals surface area contributed by atoms with Crippen LogP contribution >= 0.6 is 0 Å². The number of esters is 1. The van der Waals surface area contributed by atoms with E-state index in [0.29, 0.717) is 31.1 Å². The Hall–Kier alpha value is -3.42. The zero-order chi connectivity index (χ0) is 25.1. The van der Waals surface area contributed by atoms with Crippen LogP contribution in [-0.4, -0.2) is 77.4 Å². The van der Waals surface area contributed by atoms with E-state index >= 15 is 0 Å². The van der Waals surface area contributed by atoms with Crippen LogP contribution in [-0.2, 0) is 20.7 Å². The van der Waals surface area contributed by atoms with Crippen LogP contribution < -0.4 is 0 Å². The Kier molecular flexibility index (Phi) is 7.20. The molecule has 1 amide bonds. The molecular weight excluding hydrogens is 452 g/mol. The number of H-pyrrole nitrogens is 1. The van der Waals surface area contributed by atoms with Crippen molar-refractivity contribution in [2.75, 3.05) is 45.9 Å². The molecule has 0 radical (unpaired) electrons. The Morgan fingerprint density at radius 3 is 2.44 bits per heavy atom. The van der Waals surface area contributed by atoms with Crippen LogP contribution in [0.2, 0.25) is 0 Å². The number of ether oxygens (including phenoxy) is 1. The minimum atomic E-state index is -0.409. The maximum absolute atomic E-state index is 13.4. The third-order valence-corrected chi connectivity index (χ3v) is 7.38. The average molecular weight is 487 g/mol. The number of carbonyl (C=O) groups is 2. The van der Waals surface area contributed by atoms with Crippen molar-refractivity contribution in [2.24, 2.45) is 0 Å². The molecule has 1 atom stereocenters. The minimum absolute atomic E-state index is 0.0100. The zero-order valence-corrected chi connectivity index (χ0v) is 21.1. The van der Waals surface area contributed by atoms with Gasteiger partial charge < -0.3 is 14.6 Å². The monoisotopic (exact) mass is 486 g/mol. The third-order valence-electron chi connectivity index (χ3n) is 7.38. The van der Waals surface area contributed by atoms with Gasteiger partial charge in [0.25, 0.3) is 0 Å². The maximum Gasteiger partial charge on any atom is 0.341 e. The molecule has 7 heteroatoms. The molecule has 1 aromatic heterocycles. The highest BCUT2D eigenvalue weighted by Crippen LogP contribution is 2.31. The number of aromatic amines is 1. The van der Waals surface area contributed by atoms with Crippen LogP contribution in [0.3, 0.4) is 0 Å². The van der Waals surface area contributed by atoms with Crippen molar-refractivity contribution in [1.82, 2.24) is 19.7 Å². The summed E-state index contributed by atoms with van der Waals surface area (Å²) < 4.78 is 5.36. The molecule has 1 unspecified atom stereocenters. The Balaban J connectivity index is 1.28. The first-order valence-electron chi connectivity index (χ1n) is 12.8. The van der Waals surface area contributed by atoms with E-state index in [9.17, 15) is 9.59 Å². The highest BCUT2D eigenvalue weighted by atomic mass is 16.5. The van der Waals surface area contributed by atoms with E-state index in [1.54, 1.807) is 18.0 Å². The highest BCUT2D eigenvalue weighted by Gasteiger charge is 2.29. The topological polar surface area (TPSA) is 68.9 Å². The van der Waals surface area contributed by atoms with Crippen molar-refractivity contribution in [2.45, 2.75) is 26.3 Å². The Morgan fingerprint density at radius 1 is 0.972 bits per heavy atom. The van der Waals surface area contributed by atoms with Crippen molar-refractivity contribution in [3.05, 3.63) is 77.6 Å². The Labute approximate surface area is 212 Å². The number of amides is 1. The summed E-state index contributed by atoms with van der Waals surface area (Å²) in [5.74, 6) is -0.399. The lowest BCUT2D eigenvalue weighted by molar-refractivity contribution is -0.136. The second-order valence-electron chi connectivity index (χ2n) is 9.52. The lowest BCUT2D eigenvalue weighted by Crippen LogP contribution is -2.50. The van der Waals surface area contributed by atoms with Crippen molar-refractivity contribution in [3.8, 4) is 0 Å². The minimum Gasteiger partial charge on any atom is -0.462 e. The van der Waals surface area contributed by atoms with Gasteiger partial charge in [-0.2, -0.15) is 0 Å². The van der Waals surface area contributed by atoms with Crippen molar-refractivity contribution in [3.63, 3.8) is 0 Å². The first-order valence-corrected chi connectivity index (χ1v) is 12.8. The second-order valence-corrected chi connectivity index (χ2v) is 9.52. The maximum atomic E-state index is 13.4. The number of hydrogen-bond acceptors (Lipinski definition) is 5. The van der Waals surface area contributed by atoms with Crippen LogP contribution in [0.25, 0.3) is 16.5 Å². The molecule has 188 valence electrons. The number of piperazine rings is 1. The van der Waals surface area contributed by atoms with Gasteiger partial charge in [0.15, 0.2) is 0 Å². The summed E-state index contributed by atoms with van der Waals surface area (Å²) in [6.45, 7) is 8.72. The molecular formula is C29H34N4O3. The molecule has 2 aromatic carbocycles. The number of rotatable bonds is 6. The normalized spacial score (nSPS) is 17.8. The number of nitrogens with zero attached hydrogens (tertiary/aromatic N) is 3. The van der Waals surface area contributed by atoms with E-state index in [1.165, 1.54) is 5.56 Å². The number of carbonyl (C=O) groups excluding carboxylic acids is 2. The predicted molar refractivity (Wildman–Crippen MR) is 141 cm³/mol. The van der Waals surface area contributed by atoms with Crippen LogP contribution in [0, 0.1) is 0 Å². The fourth-order valence-corrected chi connectivity index (χ4v) is 5.30. The quantitative estimate of drug-likeness (QED) is 0.537. The first-order chi connectivity index (χ1) is 17.5. The van der Waals surface area contributed by atoms with Gasteiger partial charge in [0.2, 0.25) is 5.91 Å². The molecule has 1 saturated heterocycles. The standard InChI is InChI=1S/C29H34N4O3/c1-3-36-29(35)25-19-33(14-13-24-23-11-7-8-12-26(23)30-28(24)25)27(34)20-31-15-17-32(18-16-31)21(2)22-9-5-4-6-10-22/h4-12,19,21,30H,3,13-18,20H2,1-2H3. The van der Waals surface area contributed by atoms with Gasteiger partial charge in [-0.05, 0) is 37.5 Å². The van der Waals surface area contributed by atoms with Crippen LogP contribution in [0.5, 0.6) is 0 Å². The Bertz CT molecular complexity index is 1260. The Morgan fingerprint density at radius 2 is 1.69 bits per heavy atom. The summed E-state index contributed by atoms with van der Waals surface area (Å²) in [6, 6.07) is 18.9. The van der Waals surface area contributed by atoms with Gasteiger partial charge in [0.05, 0.1) is 24.4 Å². The lowest BCUT2D eigenvalue weighted by atomic mass is 10.0. The largest absolute Gasteiger partial charge is 0.462 e.